The second kappa shape index (κ2) is 16.5. The molecule has 0 N–H and O–H groups in total. The molecule has 0 aliphatic rings. The van der Waals surface area contributed by atoms with Gasteiger partial charge in [0, 0.05) is 11.5 Å². The largest absolute Gasteiger partial charge is 0.443 e. The van der Waals surface area contributed by atoms with Crippen molar-refractivity contribution in [2.45, 2.75) is 52.7 Å². The lowest BCUT2D eigenvalue weighted by Crippen LogP contribution is -2.45. The Morgan fingerprint density at radius 1 is 0.719 bits per heavy atom. The van der Waals surface area contributed by atoms with Crippen molar-refractivity contribution in [1.29, 1.82) is 0 Å². The second-order valence-corrected chi connectivity index (χ2v) is 8.52. The number of rotatable bonds is 15. The van der Waals surface area contributed by atoms with Gasteiger partial charge in [0.25, 0.3) is 0 Å². The van der Waals surface area contributed by atoms with Crippen LogP contribution in [0.2, 0.25) is 0 Å². The van der Waals surface area contributed by atoms with Crippen molar-refractivity contribution in [3.63, 3.8) is 0 Å². The topological polar surface area (TPSA) is 142 Å². The zero-order valence-electron chi connectivity index (χ0n) is 20.1. The normalized spacial score (nSPS) is 11.6. The number of hydrogen-bond acceptors (Lipinski definition) is 9. The number of nitrogens with zero attached hydrogens (tertiary/aromatic N) is 4. The summed E-state index contributed by atoms with van der Waals surface area (Å²) in [5, 5.41) is 3.35. The van der Waals surface area contributed by atoms with E-state index in [2.05, 4.69) is 10.0 Å². The fraction of sp³-hybridized carbons (Fsp3) is 0.900. The van der Waals surface area contributed by atoms with Crippen molar-refractivity contribution in [1.82, 2.24) is 4.90 Å². The maximum atomic E-state index is 12.3. The number of carbonyl (C=O) groups excluding carboxylic acids is 2. The van der Waals surface area contributed by atoms with Gasteiger partial charge in [-0.1, -0.05) is 5.11 Å². The fourth-order valence-electron chi connectivity index (χ4n) is 1.96. The van der Waals surface area contributed by atoms with Crippen molar-refractivity contribution in [2.24, 2.45) is 5.11 Å². The first kappa shape index (κ1) is 29.9. The van der Waals surface area contributed by atoms with E-state index < -0.39 is 23.4 Å². The molecule has 0 aromatic heterocycles. The monoisotopic (exact) mass is 462 g/mol. The first-order valence-electron chi connectivity index (χ1n) is 10.5. The van der Waals surface area contributed by atoms with Crippen LogP contribution in [0.4, 0.5) is 9.59 Å². The van der Waals surface area contributed by atoms with Gasteiger partial charge in [-0.05, 0) is 47.1 Å². The minimum Gasteiger partial charge on any atom is -0.443 e. The lowest BCUT2D eigenvalue weighted by molar-refractivity contribution is -0.0139. The number of carbonyl (C=O) groups is 2. The number of imide groups is 1. The van der Waals surface area contributed by atoms with E-state index in [9.17, 15) is 9.59 Å². The van der Waals surface area contributed by atoms with Crippen LogP contribution >= 0.6 is 0 Å². The van der Waals surface area contributed by atoms with E-state index in [-0.39, 0.29) is 13.2 Å². The van der Waals surface area contributed by atoms with Gasteiger partial charge in [-0.15, -0.1) is 0 Å². The Hall–Kier alpha value is -2.11. The van der Waals surface area contributed by atoms with Gasteiger partial charge in [-0.25, -0.2) is 14.5 Å². The molecule has 0 aromatic carbocycles. The van der Waals surface area contributed by atoms with E-state index in [4.69, 9.17) is 34.0 Å². The third kappa shape index (κ3) is 18.6. The summed E-state index contributed by atoms with van der Waals surface area (Å²) in [4.78, 5) is 28.2. The van der Waals surface area contributed by atoms with E-state index in [1.807, 2.05) is 0 Å². The third-order valence-electron chi connectivity index (χ3n) is 3.20. The summed E-state index contributed by atoms with van der Waals surface area (Å²) in [6.07, 6.45) is -1.57. The number of hydrogen-bond donors (Lipinski definition) is 0. The standard InChI is InChI=1S/C20H38N4O8/c1-19(2,3)31-17(25)24(18(26)32-20(4,5)6)8-10-28-12-14-30-16-15-29-13-11-27-9-7-22-23-21/h7-16H2,1-6H3. The van der Waals surface area contributed by atoms with Crippen LogP contribution in [0.25, 0.3) is 10.4 Å². The van der Waals surface area contributed by atoms with Crippen molar-refractivity contribution < 1.29 is 38.0 Å². The van der Waals surface area contributed by atoms with Gasteiger partial charge in [-0.2, -0.15) is 0 Å². The van der Waals surface area contributed by atoms with Crippen molar-refractivity contribution >= 4 is 12.2 Å². The molecular formula is C20H38N4O8. The van der Waals surface area contributed by atoms with Gasteiger partial charge in [-0.3, -0.25) is 0 Å². The van der Waals surface area contributed by atoms with E-state index in [1.165, 1.54) is 0 Å². The average Bonchev–Trinajstić information content (AvgIpc) is 2.64. The van der Waals surface area contributed by atoms with E-state index in [0.717, 1.165) is 4.90 Å². The molecule has 0 aliphatic carbocycles. The van der Waals surface area contributed by atoms with Crippen molar-refractivity contribution in [2.75, 3.05) is 65.9 Å². The highest BCUT2D eigenvalue weighted by Crippen LogP contribution is 2.14. The Balaban J connectivity index is 3.99. The Morgan fingerprint density at radius 3 is 1.47 bits per heavy atom. The Kier molecular flexibility index (Phi) is 15.4. The molecule has 0 saturated carbocycles. The van der Waals surface area contributed by atoms with Crippen molar-refractivity contribution in [3.8, 4) is 0 Å². The summed E-state index contributed by atoms with van der Waals surface area (Å²) in [5.41, 5.74) is 6.63. The van der Waals surface area contributed by atoms with Crippen LogP contribution in [0.15, 0.2) is 5.11 Å². The molecule has 12 nitrogen and oxygen atoms in total. The van der Waals surface area contributed by atoms with Gasteiger partial charge >= 0.3 is 12.2 Å². The lowest BCUT2D eigenvalue weighted by atomic mass is 10.2. The molecule has 0 aromatic rings. The van der Waals surface area contributed by atoms with Crippen LogP contribution in [0.5, 0.6) is 0 Å². The summed E-state index contributed by atoms with van der Waals surface area (Å²) in [6.45, 7) is 13.3. The van der Waals surface area contributed by atoms with Crippen LogP contribution < -0.4 is 0 Å². The minimum atomic E-state index is -0.787. The van der Waals surface area contributed by atoms with Crippen LogP contribution in [-0.4, -0.2) is 94.2 Å². The SMILES string of the molecule is CC(C)(C)OC(=O)N(CCOCCOCCOCCOCCN=[N+]=[N-])C(=O)OC(C)(C)C. The molecule has 2 amide bonds. The predicted octanol–water partition coefficient (Wildman–Crippen LogP) is 3.54. The fourth-order valence-corrected chi connectivity index (χ4v) is 1.96. The number of ether oxygens (including phenoxy) is 6. The Bertz CT molecular complexity index is 555. The molecule has 12 heteroatoms. The molecular weight excluding hydrogens is 424 g/mol. The highest BCUT2D eigenvalue weighted by atomic mass is 16.6. The molecule has 0 fully saturated rings. The molecule has 0 atom stereocenters. The molecule has 0 spiro atoms. The lowest BCUT2D eigenvalue weighted by Gasteiger charge is -2.28. The van der Waals surface area contributed by atoms with Gasteiger partial charge < -0.3 is 28.4 Å². The predicted molar refractivity (Wildman–Crippen MR) is 116 cm³/mol. The highest BCUT2D eigenvalue weighted by molar-refractivity contribution is 5.88. The summed E-state index contributed by atoms with van der Waals surface area (Å²) < 4.78 is 31.9. The van der Waals surface area contributed by atoms with E-state index >= 15 is 0 Å². The molecule has 0 aliphatic heterocycles. The first-order chi connectivity index (χ1) is 15.0. The summed E-state index contributed by atoms with van der Waals surface area (Å²) >= 11 is 0. The molecule has 32 heavy (non-hydrogen) atoms. The first-order valence-corrected chi connectivity index (χ1v) is 10.5. The highest BCUT2D eigenvalue weighted by Gasteiger charge is 2.30. The maximum Gasteiger partial charge on any atom is 0.419 e. The van der Waals surface area contributed by atoms with Crippen LogP contribution in [-0.2, 0) is 28.4 Å². The van der Waals surface area contributed by atoms with Crippen molar-refractivity contribution in [3.05, 3.63) is 10.4 Å². The van der Waals surface area contributed by atoms with Crippen LogP contribution in [0.3, 0.4) is 0 Å². The number of azide groups is 1. The zero-order chi connectivity index (χ0) is 24.5. The Morgan fingerprint density at radius 2 is 1.09 bits per heavy atom. The second-order valence-electron chi connectivity index (χ2n) is 8.52. The summed E-state index contributed by atoms with van der Waals surface area (Å²) in [7, 11) is 0. The van der Waals surface area contributed by atoms with E-state index in [1.54, 1.807) is 41.5 Å². The quantitative estimate of drug-likeness (QED) is 0.156. The molecule has 0 bridgehead atoms. The smallest absolute Gasteiger partial charge is 0.419 e. The van der Waals surface area contributed by atoms with Crippen LogP contribution in [0.1, 0.15) is 41.5 Å². The van der Waals surface area contributed by atoms with Crippen LogP contribution in [0, 0.1) is 0 Å². The third-order valence-corrected chi connectivity index (χ3v) is 3.20. The minimum absolute atomic E-state index is 0.00733. The van der Waals surface area contributed by atoms with E-state index in [0.29, 0.717) is 52.8 Å². The molecule has 186 valence electrons. The van der Waals surface area contributed by atoms with Gasteiger partial charge in [0.05, 0.1) is 59.4 Å². The van der Waals surface area contributed by atoms with Gasteiger partial charge in [0.15, 0.2) is 0 Å². The average molecular weight is 463 g/mol. The van der Waals surface area contributed by atoms with Gasteiger partial charge in [0.2, 0.25) is 0 Å². The molecule has 0 heterocycles. The van der Waals surface area contributed by atoms with Gasteiger partial charge in [0.1, 0.15) is 11.2 Å². The molecule has 0 saturated heterocycles. The molecule has 0 rings (SSSR count). The zero-order valence-corrected chi connectivity index (χ0v) is 20.1. The number of amides is 2. The summed E-state index contributed by atoms with van der Waals surface area (Å²) in [5.74, 6) is 0. The maximum absolute atomic E-state index is 12.3. The summed E-state index contributed by atoms with van der Waals surface area (Å²) in [6, 6.07) is 0. The molecule has 0 radical (unpaired) electrons. The Labute approximate surface area is 190 Å². The molecule has 0 unspecified atom stereocenters.